The monoisotopic (exact) mass is 686 g/mol. The number of ether oxygens (including phenoxy) is 2. The van der Waals surface area contributed by atoms with Crippen molar-refractivity contribution in [3.8, 4) is 0 Å². The smallest absolute Gasteiger partial charge is 0.450 e. The summed E-state index contributed by atoms with van der Waals surface area (Å²) in [4.78, 5) is 21.3. The first-order valence-corrected chi connectivity index (χ1v) is 13.5. The lowest BCUT2D eigenvalue weighted by molar-refractivity contribution is -0.00222. The van der Waals surface area contributed by atoms with Crippen LogP contribution in [0.3, 0.4) is 0 Å². The van der Waals surface area contributed by atoms with Gasteiger partial charge in [-0.1, -0.05) is 128 Å². The van der Waals surface area contributed by atoms with E-state index in [-0.39, 0.29) is 6.61 Å². The van der Waals surface area contributed by atoms with Crippen LogP contribution < -0.4 is 0 Å². The molecule has 30 heavy (non-hydrogen) atoms. The molecule has 0 fully saturated rings. The summed E-state index contributed by atoms with van der Waals surface area (Å²) in [7, 11) is 0. The van der Waals surface area contributed by atoms with E-state index in [0.717, 1.165) is 38.5 Å². The van der Waals surface area contributed by atoms with Crippen molar-refractivity contribution in [2.45, 2.75) is 103 Å². The molecule has 0 unspecified atom stereocenters. The largest absolute Gasteiger partial charge is 0.506 e. The Balaban J connectivity index is 3.65. The predicted octanol–water partition coefficient (Wildman–Crippen LogP) is 8.81. The summed E-state index contributed by atoms with van der Waals surface area (Å²) in [6, 6.07) is 0. The lowest BCUT2D eigenvalue weighted by Gasteiger charge is -2.36. The first kappa shape index (κ1) is 30.5. The van der Waals surface area contributed by atoms with E-state index in [0.29, 0.717) is 0 Å². The Morgan fingerprint density at radius 1 is 0.700 bits per heavy atom. The third-order valence-corrected chi connectivity index (χ3v) is 8.87. The van der Waals surface area contributed by atoms with Crippen LogP contribution in [-0.2, 0) is 9.47 Å². The van der Waals surface area contributed by atoms with Gasteiger partial charge in [0.2, 0.25) is 0 Å². The molecule has 2 N–H and O–H groups in total. The zero-order chi connectivity index (χ0) is 23.3. The number of alkyl halides is 4. The van der Waals surface area contributed by atoms with Gasteiger partial charge in [-0.25, -0.2) is 9.59 Å². The van der Waals surface area contributed by atoms with Crippen molar-refractivity contribution in [3.05, 3.63) is 0 Å². The highest BCUT2D eigenvalue weighted by molar-refractivity contribution is 9.25. The molecular weight excluding hydrogens is 656 g/mol. The Bertz CT molecular complexity index is 512. The maximum atomic E-state index is 10.8. The molecule has 0 aromatic carbocycles. The predicted molar refractivity (Wildman–Crippen MR) is 134 cm³/mol. The van der Waals surface area contributed by atoms with Gasteiger partial charge in [-0.3, -0.25) is 0 Å². The van der Waals surface area contributed by atoms with Crippen LogP contribution in [0.5, 0.6) is 0 Å². The summed E-state index contributed by atoms with van der Waals surface area (Å²) in [6.45, 7) is 3.60. The first-order valence-electron chi connectivity index (χ1n) is 10.3. The van der Waals surface area contributed by atoms with Crippen LogP contribution in [-0.4, -0.2) is 41.2 Å². The lowest BCUT2D eigenvalue weighted by atomic mass is 9.98. The molecule has 0 aromatic rings. The van der Waals surface area contributed by atoms with E-state index in [9.17, 15) is 9.59 Å². The van der Waals surface area contributed by atoms with Gasteiger partial charge in [-0.05, 0) is 26.7 Å². The Labute approximate surface area is 213 Å². The molecule has 0 amide bonds. The minimum Gasteiger partial charge on any atom is -0.450 e. The molecule has 0 aromatic heterocycles. The average Bonchev–Trinajstić information content (AvgIpc) is 2.59. The normalized spacial score (nSPS) is 12.6. The summed E-state index contributed by atoms with van der Waals surface area (Å²) < 4.78 is 8.55. The minimum absolute atomic E-state index is 0.0949. The molecule has 178 valence electrons. The molecule has 0 saturated carbocycles. The molecule has 0 spiro atoms. The van der Waals surface area contributed by atoms with E-state index >= 15 is 0 Å². The maximum absolute atomic E-state index is 10.8. The molecule has 0 radical (unpaired) electrons. The maximum Gasteiger partial charge on any atom is 0.506 e. The van der Waals surface area contributed by atoms with Gasteiger partial charge in [-0.2, -0.15) is 0 Å². The quantitative estimate of drug-likeness (QED) is 0.0901. The number of hydrogen-bond donors (Lipinski definition) is 2. The summed E-state index contributed by atoms with van der Waals surface area (Å²) >= 11 is 14.1. The second kappa shape index (κ2) is 15.3. The van der Waals surface area contributed by atoms with Crippen LogP contribution in [0.25, 0.3) is 0 Å². The first-order chi connectivity index (χ1) is 13.8. The van der Waals surface area contributed by atoms with Crippen molar-refractivity contribution < 1.29 is 29.3 Å². The highest BCUT2D eigenvalue weighted by Crippen LogP contribution is 2.44. The van der Waals surface area contributed by atoms with Crippen LogP contribution in [0.2, 0.25) is 0 Å². The van der Waals surface area contributed by atoms with Gasteiger partial charge >= 0.3 is 12.3 Å². The molecule has 0 heterocycles. The molecule has 0 bridgehead atoms. The van der Waals surface area contributed by atoms with Crippen molar-refractivity contribution >= 4 is 76.0 Å². The van der Waals surface area contributed by atoms with E-state index in [1.54, 1.807) is 13.8 Å². The van der Waals surface area contributed by atoms with Gasteiger partial charge < -0.3 is 19.7 Å². The lowest BCUT2D eigenvalue weighted by Crippen LogP contribution is -2.44. The Morgan fingerprint density at radius 2 is 1.10 bits per heavy atom. The average molecular weight is 690 g/mol. The Hall–Kier alpha value is 0.460. The molecule has 0 aliphatic carbocycles. The summed E-state index contributed by atoms with van der Waals surface area (Å²) in [6.07, 6.45) is 10.6. The second-order valence-electron chi connectivity index (χ2n) is 8.03. The van der Waals surface area contributed by atoms with Crippen LogP contribution in [0.15, 0.2) is 0 Å². The van der Waals surface area contributed by atoms with E-state index in [2.05, 4.69) is 68.5 Å². The molecule has 0 rings (SSSR count). The summed E-state index contributed by atoms with van der Waals surface area (Å²) in [5.41, 5.74) is -0.856. The third kappa shape index (κ3) is 15.3. The number of carbonyl (C=O) groups is 2. The second-order valence-corrected chi connectivity index (χ2v) is 15.9. The van der Waals surface area contributed by atoms with E-state index in [1.807, 2.05) is 0 Å². The highest BCUT2D eigenvalue weighted by atomic mass is 79.9. The van der Waals surface area contributed by atoms with Crippen molar-refractivity contribution in [1.29, 1.82) is 0 Å². The molecule has 6 nitrogen and oxygen atoms in total. The molecular formula is C20H34Br4O6. The van der Waals surface area contributed by atoms with E-state index in [4.69, 9.17) is 14.9 Å². The number of unbranched alkanes of at least 4 members (excludes halogenated alkanes) is 9. The molecule has 0 aliphatic heterocycles. The fourth-order valence-electron chi connectivity index (χ4n) is 2.98. The van der Waals surface area contributed by atoms with Crippen LogP contribution in [0.1, 0.15) is 90.9 Å². The number of rotatable bonds is 17. The number of hydrogen-bond acceptors (Lipinski definition) is 4. The van der Waals surface area contributed by atoms with Gasteiger partial charge in [0.1, 0.15) is 18.7 Å². The number of halogens is 4. The minimum atomic E-state index is -1.27. The zero-order valence-corrected chi connectivity index (χ0v) is 24.1. The molecule has 0 aliphatic rings. The van der Waals surface area contributed by atoms with E-state index < -0.39 is 24.4 Å². The van der Waals surface area contributed by atoms with Crippen molar-refractivity contribution in [2.75, 3.05) is 6.61 Å². The van der Waals surface area contributed by atoms with E-state index in [1.165, 1.54) is 38.5 Å². The van der Waals surface area contributed by atoms with Gasteiger partial charge in [0.25, 0.3) is 0 Å². The van der Waals surface area contributed by atoms with Crippen molar-refractivity contribution in [1.82, 2.24) is 0 Å². The highest BCUT2D eigenvalue weighted by Gasteiger charge is 2.43. The summed E-state index contributed by atoms with van der Waals surface area (Å²) in [5, 5.41) is 17.4. The van der Waals surface area contributed by atoms with Gasteiger partial charge in [0.05, 0.1) is 0 Å². The fraction of sp³-hybridized carbons (Fsp3) is 0.900. The van der Waals surface area contributed by atoms with Crippen LogP contribution in [0, 0.1) is 0 Å². The summed E-state index contributed by atoms with van der Waals surface area (Å²) in [5.74, 6) is 0. The molecule has 10 heteroatoms. The van der Waals surface area contributed by atoms with Gasteiger partial charge in [0, 0.05) is 0 Å². The fourth-order valence-corrected chi connectivity index (χ4v) is 4.49. The number of carboxylic acid groups (broad SMARTS) is 2. The van der Waals surface area contributed by atoms with Crippen molar-refractivity contribution in [2.24, 2.45) is 0 Å². The SMILES string of the molecule is CC(C)(OC(=O)O)C(Br)(Br)CCCCCCCCCCCCC(Br)(Br)COC(=O)O. The standard InChI is InChI=1S/C20H34Br4O6/c1-18(2,30-17(27)28)20(23,24)14-12-10-8-6-4-3-5-7-9-11-13-19(21,22)15-29-16(25)26/h3-15H2,1-2H3,(H,25,26)(H,27,28). The molecule has 0 saturated heterocycles. The topological polar surface area (TPSA) is 93.1 Å². The Kier molecular flexibility index (Phi) is 15.6. The Morgan fingerprint density at radius 3 is 1.50 bits per heavy atom. The van der Waals surface area contributed by atoms with Gasteiger partial charge in [0.15, 0.2) is 0 Å². The molecule has 0 atom stereocenters. The van der Waals surface area contributed by atoms with Crippen LogP contribution in [0.4, 0.5) is 9.59 Å². The van der Waals surface area contributed by atoms with Gasteiger partial charge in [-0.15, -0.1) is 0 Å². The third-order valence-electron chi connectivity index (χ3n) is 4.91. The zero-order valence-electron chi connectivity index (χ0n) is 17.7. The van der Waals surface area contributed by atoms with Crippen molar-refractivity contribution in [3.63, 3.8) is 0 Å². The van der Waals surface area contributed by atoms with Crippen LogP contribution >= 0.6 is 63.7 Å².